The van der Waals surface area contributed by atoms with Crippen molar-refractivity contribution in [3.63, 3.8) is 0 Å². The topological polar surface area (TPSA) is 157 Å². The number of sulfonamides is 1. The molecule has 1 heterocycles. The number of amides is 1. The lowest BCUT2D eigenvalue weighted by Gasteiger charge is -2.12. The van der Waals surface area contributed by atoms with Gasteiger partial charge in [-0.2, -0.15) is 8.42 Å². The minimum Gasteiger partial charge on any atom is -0.383 e. The molecule has 0 saturated carbocycles. The zero-order valence-corrected chi connectivity index (χ0v) is 21.3. The van der Waals surface area contributed by atoms with E-state index in [-0.39, 0.29) is 26.1 Å². The summed E-state index contributed by atoms with van der Waals surface area (Å²) in [6, 6.07) is 12.9. The second-order valence-electron chi connectivity index (χ2n) is 6.31. The number of benzene rings is 2. The molecule has 5 N–H and O–H groups in total. The molecule has 32 heavy (non-hydrogen) atoms. The van der Waals surface area contributed by atoms with Gasteiger partial charge in [0.2, 0.25) is 5.91 Å². The monoisotopic (exact) mass is 572 g/mol. The van der Waals surface area contributed by atoms with Gasteiger partial charge in [-0.25, -0.2) is 4.21 Å². The van der Waals surface area contributed by atoms with E-state index in [2.05, 4.69) is 19.7 Å². The smallest absolute Gasteiger partial charge is 0.290 e. The maximum absolute atomic E-state index is 14.4. The minimum absolute atomic E-state index is 0.0190. The number of hydrogen-bond acceptors (Lipinski definition) is 7. The highest BCUT2D eigenvalue weighted by molar-refractivity contribution is 9.10. The summed E-state index contributed by atoms with van der Waals surface area (Å²) in [7, 11) is -8.22. The van der Waals surface area contributed by atoms with Crippen LogP contribution in [-0.2, 0) is 19.8 Å². The van der Waals surface area contributed by atoms with Crippen molar-refractivity contribution < 1.29 is 17.4 Å². The SMILES string of the molecule is CSc1sc(C(=N)N)cc1S(=O)(=NS(=O)(=O)c1cccc(C(N)=O)c1)c1cccc(Br)c1. The third kappa shape index (κ3) is 4.91. The molecular weight excluding hydrogens is 556 g/mol. The maximum Gasteiger partial charge on any atom is 0.290 e. The molecule has 168 valence electrons. The standard InChI is InChI=1S/C19H17BrN4O4S4/c1-29-19-16(10-15(30-19)17(21)22)31(26,13-6-3-5-12(20)9-13)24-32(27,28)14-7-2-4-11(8-14)18(23)25/h2-10H,1H3,(H3,21,22)(H2,23,25). The first kappa shape index (κ1) is 24.5. The molecule has 0 aliphatic carbocycles. The van der Waals surface area contributed by atoms with Gasteiger partial charge in [0.05, 0.1) is 23.8 Å². The summed E-state index contributed by atoms with van der Waals surface area (Å²) >= 11 is 5.69. The molecule has 2 aromatic carbocycles. The quantitative estimate of drug-likeness (QED) is 0.221. The molecule has 0 fully saturated rings. The number of thioether (sulfide) groups is 1. The van der Waals surface area contributed by atoms with Crippen LogP contribution in [0.25, 0.3) is 0 Å². The van der Waals surface area contributed by atoms with Crippen LogP contribution in [0.3, 0.4) is 0 Å². The Morgan fingerprint density at radius 3 is 2.31 bits per heavy atom. The lowest BCUT2D eigenvalue weighted by Crippen LogP contribution is -2.12. The number of primary amides is 1. The highest BCUT2D eigenvalue weighted by atomic mass is 79.9. The highest BCUT2D eigenvalue weighted by Crippen LogP contribution is 2.39. The van der Waals surface area contributed by atoms with Crippen molar-refractivity contribution in [3.05, 3.63) is 69.5 Å². The average Bonchev–Trinajstić information content (AvgIpc) is 3.19. The minimum atomic E-state index is -4.48. The number of hydrogen-bond donors (Lipinski definition) is 3. The Morgan fingerprint density at radius 2 is 1.72 bits per heavy atom. The van der Waals surface area contributed by atoms with Gasteiger partial charge in [0.1, 0.15) is 15.6 Å². The normalized spacial score (nSPS) is 13.3. The number of nitrogens with one attached hydrogen (secondary N) is 1. The third-order valence-corrected chi connectivity index (χ3v) is 11.5. The molecule has 0 bridgehead atoms. The van der Waals surface area contributed by atoms with Crippen LogP contribution in [0.4, 0.5) is 0 Å². The predicted octanol–water partition coefficient (Wildman–Crippen LogP) is 3.89. The van der Waals surface area contributed by atoms with E-state index in [1.807, 2.05) is 0 Å². The van der Waals surface area contributed by atoms with Gasteiger partial charge in [0.15, 0.2) is 0 Å². The van der Waals surface area contributed by atoms with Crippen LogP contribution >= 0.6 is 39.0 Å². The van der Waals surface area contributed by atoms with Crippen molar-refractivity contribution >= 4 is 70.5 Å². The molecule has 8 nitrogen and oxygen atoms in total. The van der Waals surface area contributed by atoms with Crippen molar-refractivity contribution in [2.24, 2.45) is 15.2 Å². The van der Waals surface area contributed by atoms with E-state index in [0.29, 0.717) is 13.6 Å². The number of thiophene rings is 1. The summed E-state index contributed by atoms with van der Waals surface area (Å²) in [6.45, 7) is 0. The molecule has 13 heteroatoms. The fourth-order valence-corrected chi connectivity index (χ4v) is 9.80. The molecule has 3 aromatic rings. The Balaban J connectivity index is 2.38. The molecule has 0 spiro atoms. The van der Waals surface area contributed by atoms with Crippen molar-refractivity contribution in [3.8, 4) is 0 Å². The summed E-state index contributed by atoms with van der Waals surface area (Å²) in [5, 5.41) is 7.73. The van der Waals surface area contributed by atoms with E-state index in [9.17, 15) is 17.4 Å². The fraction of sp³-hybridized carbons (Fsp3) is 0.0526. The summed E-state index contributed by atoms with van der Waals surface area (Å²) < 4.78 is 45.8. The molecule has 0 aliphatic rings. The van der Waals surface area contributed by atoms with Crippen LogP contribution < -0.4 is 11.5 Å². The predicted molar refractivity (Wildman–Crippen MR) is 131 cm³/mol. The Kier molecular flexibility index (Phi) is 7.15. The van der Waals surface area contributed by atoms with E-state index in [1.165, 1.54) is 48.2 Å². The number of nitrogens with zero attached hydrogens (tertiary/aromatic N) is 1. The molecule has 1 unspecified atom stereocenters. The van der Waals surface area contributed by atoms with E-state index in [1.54, 1.807) is 18.4 Å². The molecule has 0 saturated heterocycles. The van der Waals surface area contributed by atoms with Gasteiger partial charge >= 0.3 is 0 Å². The number of amidine groups is 1. The van der Waals surface area contributed by atoms with Crippen molar-refractivity contribution in [1.82, 2.24) is 0 Å². The van der Waals surface area contributed by atoms with Gasteiger partial charge in [-0.3, -0.25) is 10.2 Å². The second-order valence-corrected chi connectivity index (χ2v) is 13.3. The van der Waals surface area contributed by atoms with E-state index in [4.69, 9.17) is 16.9 Å². The number of nitrogen functional groups attached to an aromatic ring is 1. The lowest BCUT2D eigenvalue weighted by atomic mass is 10.2. The van der Waals surface area contributed by atoms with Gasteiger partial charge in [-0.1, -0.05) is 31.8 Å². The highest BCUT2D eigenvalue weighted by Gasteiger charge is 2.28. The molecule has 1 amide bonds. The first-order valence-corrected chi connectivity index (χ1v) is 14.5. The zero-order chi connectivity index (χ0) is 23.7. The van der Waals surface area contributed by atoms with Crippen molar-refractivity contribution in [2.75, 3.05) is 6.26 Å². The lowest BCUT2D eigenvalue weighted by molar-refractivity contribution is 0.1000. The first-order valence-electron chi connectivity index (χ1n) is 8.69. The van der Waals surface area contributed by atoms with Crippen LogP contribution in [-0.4, -0.2) is 30.6 Å². The average molecular weight is 574 g/mol. The van der Waals surface area contributed by atoms with Crippen LogP contribution in [0, 0.1) is 5.41 Å². The van der Waals surface area contributed by atoms with Crippen LogP contribution in [0.15, 0.2) is 81.7 Å². The Morgan fingerprint density at radius 1 is 1.06 bits per heavy atom. The first-order chi connectivity index (χ1) is 15.0. The number of halogens is 1. The summed E-state index contributed by atoms with van der Waals surface area (Å²) in [5.74, 6) is -1.03. The fourth-order valence-electron chi connectivity index (χ4n) is 2.67. The van der Waals surface area contributed by atoms with E-state index < -0.39 is 25.7 Å². The molecule has 3 rings (SSSR count). The number of nitrogens with two attached hydrogens (primary N) is 2. The third-order valence-electron chi connectivity index (χ3n) is 4.15. The van der Waals surface area contributed by atoms with E-state index >= 15 is 0 Å². The summed E-state index contributed by atoms with van der Waals surface area (Å²) in [4.78, 5) is 11.8. The van der Waals surface area contributed by atoms with E-state index in [0.717, 1.165) is 17.4 Å². The molecule has 0 aliphatic heterocycles. The van der Waals surface area contributed by atoms with Gasteiger partial charge in [-0.05, 0) is 48.7 Å². The van der Waals surface area contributed by atoms with Gasteiger partial charge < -0.3 is 11.5 Å². The van der Waals surface area contributed by atoms with Crippen LogP contribution in [0.2, 0.25) is 0 Å². The summed E-state index contributed by atoms with van der Waals surface area (Å²) in [6.07, 6.45) is 1.74. The van der Waals surface area contributed by atoms with Gasteiger partial charge in [0, 0.05) is 10.0 Å². The Bertz CT molecular complexity index is 1460. The van der Waals surface area contributed by atoms with Gasteiger partial charge in [-0.15, -0.1) is 23.1 Å². The number of carbonyl (C=O) groups is 1. The molecular formula is C19H17BrN4O4S4. The molecule has 0 radical (unpaired) electrons. The van der Waals surface area contributed by atoms with Crippen molar-refractivity contribution in [2.45, 2.75) is 18.9 Å². The Labute approximate surface area is 202 Å². The zero-order valence-electron chi connectivity index (χ0n) is 16.4. The summed E-state index contributed by atoms with van der Waals surface area (Å²) in [5.41, 5.74) is 10.9. The number of rotatable bonds is 7. The van der Waals surface area contributed by atoms with Gasteiger partial charge in [0.25, 0.3) is 10.0 Å². The maximum atomic E-state index is 14.4. The van der Waals surface area contributed by atoms with Crippen LogP contribution in [0.5, 0.6) is 0 Å². The Hall–Kier alpha value is -2.19. The second kappa shape index (κ2) is 9.35. The number of carbonyl (C=O) groups excluding carboxylic acids is 1. The van der Waals surface area contributed by atoms with Crippen molar-refractivity contribution in [1.29, 1.82) is 5.41 Å². The largest absolute Gasteiger partial charge is 0.383 e. The van der Waals surface area contributed by atoms with Crippen LogP contribution in [0.1, 0.15) is 15.2 Å². The molecule has 1 aromatic heterocycles. The molecule has 1 atom stereocenters.